The van der Waals surface area contributed by atoms with Crippen molar-refractivity contribution >= 4 is 33.9 Å². The topological polar surface area (TPSA) is 89.9 Å². The zero-order valence-corrected chi connectivity index (χ0v) is 15.7. The minimum Gasteiger partial charge on any atom is -0.461 e. The van der Waals surface area contributed by atoms with Crippen molar-refractivity contribution in [1.29, 1.82) is 0 Å². The first-order valence-corrected chi connectivity index (χ1v) is 9.58. The molecule has 3 aromatic heterocycles. The number of furan rings is 1. The molecule has 3 heterocycles. The normalized spacial score (nSPS) is 12.2. The van der Waals surface area contributed by atoms with E-state index in [1.807, 2.05) is 19.1 Å². The van der Waals surface area contributed by atoms with Gasteiger partial charge in [-0.2, -0.15) is 4.98 Å². The van der Waals surface area contributed by atoms with Gasteiger partial charge in [-0.25, -0.2) is 0 Å². The average molecular weight is 385 g/mol. The van der Waals surface area contributed by atoms with Gasteiger partial charge >= 0.3 is 0 Å². The summed E-state index contributed by atoms with van der Waals surface area (Å²) in [5.74, 6) is 1.54. The van der Waals surface area contributed by atoms with Crippen LogP contribution in [0.3, 0.4) is 0 Å². The average Bonchev–Trinajstić information content (AvgIpc) is 3.36. The molecule has 0 bridgehead atoms. The van der Waals surface area contributed by atoms with Gasteiger partial charge in [-0.15, -0.1) is 10.2 Å². The van der Waals surface area contributed by atoms with Crippen molar-refractivity contribution in [2.24, 2.45) is 0 Å². The number of rotatable bonds is 6. The van der Waals surface area contributed by atoms with Gasteiger partial charge < -0.3 is 14.3 Å². The lowest BCUT2D eigenvalue weighted by molar-refractivity contribution is 0.379. The molecular weight excluding hydrogens is 370 g/mol. The van der Waals surface area contributed by atoms with Crippen LogP contribution in [0, 0.1) is 6.92 Å². The van der Waals surface area contributed by atoms with Gasteiger partial charge in [-0.05, 0) is 43.7 Å². The summed E-state index contributed by atoms with van der Waals surface area (Å²) in [6.07, 6.45) is 1.58. The van der Waals surface area contributed by atoms with Crippen LogP contribution in [0.25, 0.3) is 11.6 Å². The monoisotopic (exact) mass is 385 g/mol. The molecule has 1 N–H and O–H groups in total. The van der Waals surface area contributed by atoms with Gasteiger partial charge in [0.2, 0.25) is 16.8 Å². The van der Waals surface area contributed by atoms with Gasteiger partial charge in [0, 0.05) is 5.69 Å². The summed E-state index contributed by atoms with van der Waals surface area (Å²) in [5.41, 5.74) is 2.18. The molecule has 0 saturated carbocycles. The molecule has 0 saturated heterocycles. The van der Waals surface area contributed by atoms with E-state index in [0.29, 0.717) is 17.5 Å². The molecule has 1 aromatic carbocycles. The van der Waals surface area contributed by atoms with Crippen LogP contribution >= 0.6 is 23.1 Å². The second kappa shape index (κ2) is 7.30. The first-order valence-electron chi connectivity index (χ1n) is 7.89. The number of hydrogen-bond acceptors (Lipinski definition) is 9. The first kappa shape index (κ1) is 16.8. The summed E-state index contributed by atoms with van der Waals surface area (Å²) < 4.78 is 11.4. The van der Waals surface area contributed by atoms with Gasteiger partial charge in [0.05, 0.1) is 11.5 Å². The first-order chi connectivity index (χ1) is 12.7. The summed E-state index contributed by atoms with van der Waals surface area (Å²) in [6, 6.07) is 11.7. The Kier molecular flexibility index (Phi) is 4.72. The van der Waals surface area contributed by atoms with Crippen LogP contribution in [-0.2, 0) is 0 Å². The molecule has 26 heavy (non-hydrogen) atoms. The molecule has 0 aliphatic heterocycles. The van der Waals surface area contributed by atoms with E-state index >= 15 is 0 Å². The molecular formula is C17H15N5O2S2. The van der Waals surface area contributed by atoms with Crippen LogP contribution in [0.4, 0.5) is 10.8 Å². The lowest BCUT2D eigenvalue weighted by Crippen LogP contribution is -1.89. The van der Waals surface area contributed by atoms with Crippen molar-refractivity contribution in [3.05, 3.63) is 54.1 Å². The molecule has 0 spiro atoms. The Morgan fingerprint density at radius 2 is 2.12 bits per heavy atom. The highest BCUT2D eigenvalue weighted by molar-refractivity contribution is 8.01. The minimum absolute atomic E-state index is 0.0500. The zero-order valence-electron chi connectivity index (χ0n) is 14.0. The second-order valence-corrected chi connectivity index (χ2v) is 8.13. The quantitative estimate of drug-likeness (QED) is 0.459. The Labute approximate surface area is 157 Å². The maximum atomic E-state index is 5.34. The van der Waals surface area contributed by atoms with E-state index in [0.717, 1.165) is 15.2 Å². The van der Waals surface area contributed by atoms with Gasteiger partial charge in [-0.1, -0.05) is 40.4 Å². The predicted octanol–water partition coefficient (Wildman–Crippen LogP) is 5.09. The van der Waals surface area contributed by atoms with E-state index in [1.165, 1.54) is 28.7 Å². The van der Waals surface area contributed by atoms with Crippen molar-refractivity contribution in [2.45, 2.75) is 23.4 Å². The number of nitrogens with one attached hydrogen (secondary N) is 1. The van der Waals surface area contributed by atoms with Crippen LogP contribution in [0.1, 0.15) is 23.6 Å². The van der Waals surface area contributed by atoms with Crippen molar-refractivity contribution in [3.63, 3.8) is 0 Å². The van der Waals surface area contributed by atoms with Crippen LogP contribution < -0.4 is 5.32 Å². The molecule has 4 aromatic rings. The molecule has 0 fully saturated rings. The van der Waals surface area contributed by atoms with Crippen molar-refractivity contribution < 1.29 is 8.94 Å². The van der Waals surface area contributed by atoms with Crippen LogP contribution in [0.2, 0.25) is 0 Å². The fourth-order valence-corrected chi connectivity index (χ4v) is 4.21. The Bertz CT molecular complexity index is 996. The minimum atomic E-state index is -0.0500. The molecule has 4 rings (SSSR count). The third-order valence-electron chi connectivity index (χ3n) is 3.48. The third-order valence-corrected chi connectivity index (χ3v) is 5.49. The number of hydrogen-bond donors (Lipinski definition) is 1. The highest BCUT2D eigenvalue weighted by atomic mass is 32.2. The largest absolute Gasteiger partial charge is 0.461 e. The van der Waals surface area contributed by atoms with Gasteiger partial charge in [0.1, 0.15) is 0 Å². The van der Waals surface area contributed by atoms with Crippen molar-refractivity contribution in [3.8, 4) is 11.6 Å². The Morgan fingerprint density at radius 3 is 2.92 bits per heavy atom. The summed E-state index contributed by atoms with van der Waals surface area (Å²) in [5, 5.41) is 16.3. The summed E-state index contributed by atoms with van der Waals surface area (Å²) in [6.45, 7) is 4.04. The SMILES string of the molecule is Cc1cccc(Nc2nnc(S[C@H](C)c3nc(-c4ccco4)no3)s2)c1. The predicted molar refractivity (Wildman–Crippen MR) is 101 cm³/mol. The van der Waals surface area contributed by atoms with Crippen LogP contribution in [-0.4, -0.2) is 20.3 Å². The molecule has 0 aliphatic carbocycles. The zero-order chi connectivity index (χ0) is 17.9. The number of aromatic nitrogens is 4. The van der Waals surface area contributed by atoms with Gasteiger partial charge in [0.15, 0.2) is 10.1 Å². The number of benzene rings is 1. The van der Waals surface area contributed by atoms with E-state index in [2.05, 4.69) is 44.7 Å². The van der Waals surface area contributed by atoms with E-state index in [9.17, 15) is 0 Å². The Hall–Kier alpha value is -2.65. The Balaban J connectivity index is 1.42. The maximum absolute atomic E-state index is 5.34. The lowest BCUT2D eigenvalue weighted by Gasteiger charge is -2.02. The molecule has 0 radical (unpaired) electrons. The highest BCUT2D eigenvalue weighted by Gasteiger charge is 2.19. The van der Waals surface area contributed by atoms with Crippen molar-refractivity contribution in [1.82, 2.24) is 20.3 Å². The number of anilines is 2. The summed E-state index contributed by atoms with van der Waals surface area (Å²) in [7, 11) is 0. The lowest BCUT2D eigenvalue weighted by atomic mass is 10.2. The van der Waals surface area contributed by atoms with Crippen LogP contribution in [0.15, 0.2) is 55.9 Å². The third kappa shape index (κ3) is 3.78. The smallest absolute Gasteiger partial charge is 0.240 e. The number of thioether (sulfide) groups is 1. The molecule has 0 aliphatic rings. The fraction of sp³-hybridized carbons (Fsp3) is 0.176. The fourth-order valence-electron chi connectivity index (χ4n) is 2.26. The molecule has 9 heteroatoms. The molecule has 7 nitrogen and oxygen atoms in total. The summed E-state index contributed by atoms with van der Waals surface area (Å²) in [4.78, 5) is 4.38. The summed E-state index contributed by atoms with van der Waals surface area (Å²) >= 11 is 3.00. The number of aryl methyl sites for hydroxylation is 1. The van der Waals surface area contributed by atoms with Gasteiger partial charge in [-0.3, -0.25) is 0 Å². The van der Waals surface area contributed by atoms with E-state index in [-0.39, 0.29) is 5.25 Å². The standard InChI is InChI=1S/C17H15N5O2S2/c1-10-5-3-6-12(9-10)18-16-20-21-17(26-16)25-11(2)15-19-14(22-24-15)13-7-4-8-23-13/h3-9,11H,1-2H3,(H,18,20)/t11-/m1/s1. The van der Waals surface area contributed by atoms with E-state index in [1.54, 1.807) is 18.4 Å². The number of nitrogens with zero attached hydrogens (tertiary/aromatic N) is 4. The molecule has 0 unspecified atom stereocenters. The van der Waals surface area contributed by atoms with Gasteiger partial charge in [0.25, 0.3) is 0 Å². The van der Waals surface area contributed by atoms with E-state index < -0.39 is 0 Å². The Morgan fingerprint density at radius 1 is 1.19 bits per heavy atom. The molecule has 0 amide bonds. The molecule has 1 atom stereocenters. The maximum Gasteiger partial charge on any atom is 0.240 e. The van der Waals surface area contributed by atoms with E-state index in [4.69, 9.17) is 8.94 Å². The highest BCUT2D eigenvalue weighted by Crippen LogP contribution is 2.37. The van der Waals surface area contributed by atoms with Crippen molar-refractivity contribution in [2.75, 3.05) is 5.32 Å². The second-order valence-electron chi connectivity index (χ2n) is 5.56. The van der Waals surface area contributed by atoms with Crippen LogP contribution in [0.5, 0.6) is 0 Å². The molecule has 132 valence electrons.